The van der Waals surface area contributed by atoms with Crippen LogP contribution >= 0.6 is 34.7 Å². The first-order chi connectivity index (χ1) is 8.99. The molecule has 0 aliphatic rings. The van der Waals surface area contributed by atoms with Crippen molar-refractivity contribution in [2.24, 2.45) is 5.73 Å². The summed E-state index contributed by atoms with van der Waals surface area (Å²) in [5.74, 6) is -0.0829. The fourth-order valence-corrected chi connectivity index (χ4v) is 3.23. The summed E-state index contributed by atoms with van der Waals surface area (Å²) in [5.41, 5.74) is 5.92. The molecule has 0 radical (unpaired) electrons. The standard InChI is InChI=1S/C10H11ClN6S2/c1-17(2)9-15-16-10(19-9)18-8-6(11)5(7(12)13)3-4-14-8/h3-4H,1-2H3,(H3,12,13). The first-order valence-electron chi connectivity index (χ1n) is 5.16. The van der Waals surface area contributed by atoms with Crippen molar-refractivity contribution in [3.05, 3.63) is 22.8 Å². The molecule has 0 aliphatic heterocycles. The van der Waals surface area contributed by atoms with E-state index in [9.17, 15) is 0 Å². The molecule has 0 amide bonds. The van der Waals surface area contributed by atoms with E-state index in [1.54, 1.807) is 12.3 Å². The predicted octanol–water partition coefficient (Wildman–Crippen LogP) is 2.09. The Morgan fingerprint density at radius 3 is 2.79 bits per heavy atom. The molecule has 0 spiro atoms. The van der Waals surface area contributed by atoms with Gasteiger partial charge in [-0.2, -0.15) is 0 Å². The molecule has 0 aromatic carbocycles. The van der Waals surface area contributed by atoms with Gasteiger partial charge in [-0.15, -0.1) is 10.2 Å². The van der Waals surface area contributed by atoms with Crippen LogP contribution in [-0.4, -0.2) is 35.1 Å². The highest BCUT2D eigenvalue weighted by Gasteiger charge is 2.14. The van der Waals surface area contributed by atoms with E-state index in [0.29, 0.717) is 15.6 Å². The van der Waals surface area contributed by atoms with Crippen LogP contribution in [0, 0.1) is 5.41 Å². The third-order valence-electron chi connectivity index (χ3n) is 2.11. The number of nitrogen functional groups attached to an aromatic ring is 1. The maximum Gasteiger partial charge on any atom is 0.208 e. The number of rotatable bonds is 4. The number of halogens is 1. The largest absolute Gasteiger partial charge is 0.384 e. The molecule has 0 saturated carbocycles. The number of nitrogens with two attached hydrogens (primary N) is 1. The minimum Gasteiger partial charge on any atom is -0.384 e. The van der Waals surface area contributed by atoms with Crippen LogP contribution in [0.4, 0.5) is 5.13 Å². The molecule has 3 N–H and O–H groups in total. The number of hydrogen-bond donors (Lipinski definition) is 2. The number of nitrogens with zero attached hydrogens (tertiary/aromatic N) is 4. The molecule has 0 saturated heterocycles. The third-order valence-corrected chi connectivity index (χ3v) is 4.75. The van der Waals surface area contributed by atoms with Crippen molar-refractivity contribution in [1.82, 2.24) is 15.2 Å². The van der Waals surface area contributed by atoms with Gasteiger partial charge in [0.25, 0.3) is 0 Å². The molecule has 0 fully saturated rings. The molecule has 0 unspecified atom stereocenters. The Morgan fingerprint density at radius 1 is 1.47 bits per heavy atom. The number of amidine groups is 1. The molecule has 0 aliphatic carbocycles. The van der Waals surface area contributed by atoms with Gasteiger partial charge >= 0.3 is 0 Å². The van der Waals surface area contributed by atoms with Gasteiger partial charge in [0.05, 0.1) is 5.02 Å². The molecule has 9 heteroatoms. The van der Waals surface area contributed by atoms with Gasteiger partial charge in [-0.1, -0.05) is 22.9 Å². The van der Waals surface area contributed by atoms with E-state index in [-0.39, 0.29) is 5.84 Å². The second-order valence-electron chi connectivity index (χ2n) is 3.74. The van der Waals surface area contributed by atoms with Crippen LogP contribution in [0.5, 0.6) is 0 Å². The summed E-state index contributed by atoms with van der Waals surface area (Å²) in [6.07, 6.45) is 1.57. The molecule has 2 heterocycles. The molecule has 2 rings (SSSR count). The van der Waals surface area contributed by atoms with Crippen LogP contribution in [0.3, 0.4) is 0 Å². The molecular weight excluding hydrogens is 304 g/mol. The van der Waals surface area contributed by atoms with Gasteiger partial charge in [-0.3, -0.25) is 5.41 Å². The van der Waals surface area contributed by atoms with Crippen molar-refractivity contribution in [2.45, 2.75) is 9.37 Å². The zero-order valence-corrected chi connectivity index (χ0v) is 12.6. The average molecular weight is 315 g/mol. The molecular formula is C10H11ClN6S2. The Kier molecular flexibility index (Phi) is 4.23. The van der Waals surface area contributed by atoms with Crippen molar-refractivity contribution in [2.75, 3.05) is 19.0 Å². The zero-order valence-electron chi connectivity index (χ0n) is 10.2. The first-order valence-corrected chi connectivity index (χ1v) is 7.17. The van der Waals surface area contributed by atoms with Crippen molar-refractivity contribution in [3.8, 4) is 0 Å². The van der Waals surface area contributed by atoms with Crippen LogP contribution in [0.15, 0.2) is 21.6 Å². The number of hydrogen-bond acceptors (Lipinski definition) is 7. The summed E-state index contributed by atoms with van der Waals surface area (Å²) < 4.78 is 0.735. The third kappa shape index (κ3) is 3.14. The van der Waals surface area contributed by atoms with Crippen molar-refractivity contribution in [1.29, 1.82) is 5.41 Å². The smallest absolute Gasteiger partial charge is 0.208 e. The van der Waals surface area contributed by atoms with Crippen LogP contribution in [0.2, 0.25) is 5.02 Å². The Bertz CT molecular complexity index is 612. The summed E-state index contributed by atoms with van der Waals surface area (Å²) >= 11 is 8.91. The molecule has 2 aromatic heterocycles. The van der Waals surface area contributed by atoms with Crippen molar-refractivity contribution in [3.63, 3.8) is 0 Å². The monoisotopic (exact) mass is 314 g/mol. The maximum atomic E-state index is 7.44. The highest BCUT2D eigenvalue weighted by atomic mass is 35.5. The van der Waals surface area contributed by atoms with Gasteiger partial charge in [-0.25, -0.2) is 4.98 Å². The summed E-state index contributed by atoms with van der Waals surface area (Å²) in [6, 6.07) is 1.61. The predicted molar refractivity (Wildman–Crippen MR) is 78.6 cm³/mol. The second-order valence-corrected chi connectivity index (χ2v) is 6.31. The topological polar surface area (TPSA) is 91.8 Å². The summed E-state index contributed by atoms with van der Waals surface area (Å²) in [4.78, 5) is 6.05. The van der Waals surface area contributed by atoms with E-state index in [0.717, 1.165) is 9.47 Å². The normalized spacial score (nSPS) is 10.5. The van der Waals surface area contributed by atoms with Gasteiger partial charge in [0.2, 0.25) is 5.13 Å². The molecule has 100 valence electrons. The fraction of sp³-hybridized carbons (Fsp3) is 0.200. The number of aromatic nitrogens is 3. The highest BCUT2D eigenvalue weighted by Crippen LogP contribution is 2.36. The molecule has 2 aromatic rings. The molecule has 0 bridgehead atoms. The summed E-state index contributed by atoms with van der Waals surface area (Å²) in [5, 5.41) is 17.3. The Hall–Kier alpha value is -1.38. The lowest BCUT2D eigenvalue weighted by atomic mass is 10.2. The molecule has 0 atom stereocenters. The average Bonchev–Trinajstić information content (AvgIpc) is 2.80. The molecule has 6 nitrogen and oxygen atoms in total. The van der Waals surface area contributed by atoms with Crippen molar-refractivity contribution >= 4 is 45.7 Å². The van der Waals surface area contributed by atoms with E-state index in [1.165, 1.54) is 23.1 Å². The van der Waals surface area contributed by atoms with E-state index >= 15 is 0 Å². The van der Waals surface area contributed by atoms with Crippen LogP contribution in [0.1, 0.15) is 5.56 Å². The van der Waals surface area contributed by atoms with Gasteiger partial charge in [-0.05, 0) is 17.8 Å². The number of nitrogens with one attached hydrogen (secondary N) is 1. The first kappa shape index (κ1) is 14.0. The number of pyridine rings is 1. The van der Waals surface area contributed by atoms with E-state index < -0.39 is 0 Å². The van der Waals surface area contributed by atoms with Gasteiger partial charge in [0.15, 0.2) is 4.34 Å². The van der Waals surface area contributed by atoms with Gasteiger partial charge in [0, 0.05) is 25.9 Å². The SMILES string of the molecule is CN(C)c1nnc(Sc2nccc(C(=N)N)c2Cl)s1. The van der Waals surface area contributed by atoms with E-state index in [1.807, 2.05) is 19.0 Å². The lowest BCUT2D eigenvalue weighted by molar-refractivity contribution is 0.970. The Balaban J connectivity index is 2.28. The lowest BCUT2D eigenvalue weighted by Crippen LogP contribution is -2.12. The van der Waals surface area contributed by atoms with E-state index in [4.69, 9.17) is 22.7 Å². The fourth-order valence-electron chi connectivity index (χ4n) is 1.21. The highest BCUT2D eigenvalue weighted by molar-refractivity contribution is 8.01. The summed E-state index contributed by atoms with van der Waals surface area (Å²) in [7, 11) is 3.80. The van der Waals surface area contributed by atoms with E-state index in [2.05, 4.69) is 15.2 Å². The van der Waals surface area contributed by atoms with Crippen LogP contribution in [0.25, 0.3) is 0 Å². The van der Waals surface area contributed by atoms with Gasteiger partial charge < -0.3 is 10.6 Å². The van der Waals surface area contributed by atoms with Crippen LogP contribution in [-0.2, 0) is 0 Å². The van der Waals surface area contributed by atoms with Crippen LogP contribution < -0.4 is 10.6 Å². The second kappa shape index (κ2) is 5.72. The zero-order chi connectivity index (χ0) is 14.0. The minimum atomic E-state index is -0.0829. The maximum absolute atomic E-state index is 7.44. The van der Waals surface area contributed by atoms with Gasteiger partial charge in [0.1, 0.15) is 10.9 Å². The summed E-state index contributed by atoms with van der Waals surface area (Å²) in [6.45, 7) is 0. The molecule has 19 heavy (non-hydrogen) atoms. The quantitative estimate of drug-likeness (QED) is 0.663. The number of anilines is 1. The van der Waals surface area contributed by atoms with Crippen molar-refractivity contribution < 1.29 is 0 Å². The Morgan fingerprint density at radius 2 is 2.21 bits per heavy atom. The Labute approximate surface area is 123 Å². The lowest BCUT2D eigenvalue weighted by Gasteiger charge is -2.05. The minimum absolute atomic E-state index is 0.0829.